The highest BCUT2D eigenvalue weighted by molar-refractivity contribution is 7.89. The summed E-state index contributed by atoms with van der Waals surface area (Å²) < 4.78 is 30.0. The lowest BCUT2D eigenvalue weighted by atomic mass is 10.0. The fraction of sp³-hybridized carbons (Fsp3) is 0.391. The SMILES string of the molecule is CC(C)CN(C[C@H](O)[C@H](Cc1ccccc1)NC(=O)O)S(=O)(=O)c1ccc2c(c1)ncn2C. The van der Waals surface area contributed by atoms with E-state index in [1.165, 1.54) is 16.4 Å². The van der Waals surface area contributed by atoms with Gasteiger partial charge in [0, 0.05) is 20.1 Å². The van der Waals surface area contributed by atoms with Crippen molar-refractivity contribution in [2.24, 2.45) is 13.0 Å². The van der Waals surface area contributed by atoms with Gasteiger partial charge in [-0.3, -0.25) is 0 Å². The van der Waals surface area contributed by atoms with Crippen molar-refractivity contribution in [1.29, 1.82) is 0 Å². The first-order chi connectivity index (χ1) is 15.6. The maximum atomic E-state index is 13.5. The van der Waals surface area contributed by atoms with Gasteiger partial charge in [-0.2, -0.15) is 4.31 Å². The van der Waals surface area contributed by atoms with Crippen molar-refractivity contribution in [3.63, 3.8) is 0 Å². The number of carboxylic acid groups (broad SMARTS) is 1. The van der Waals surface area contributed by atoms with Crippen molar-refractivity contribution in [3.05, 3.63) is 60.4 Å². The lowest BCUT2D eigenvalue weighted by molar-refractivity contribution is 0.0980. The first-order valence-corrected chi connectivity index (χ1v) is 12.1. The average Bonchev–Trinajstić information content (AvgIpc) is 3.13. The minimum Gasteiger partial charge on any atom is -0.465 e. The van der Waals surface area contributed by atoms with Crippen LogP contribution in [0.3, 0.4) is 0 Å². The lowest BCUT2D eigenvalue weighted by Gasteiger charge is -2.30. The standard InChI is InChI=1S/C23H30N4O5S/c1-16(2)13-27(33(31,32)18-9-10-21-19(12-18)24-15-26(21)3)14-22(28)20(25-23(29)30)11-17-7-5-4-6-8-17/h4-10,12,15-16,20,22,25,28H,11,13-14H2,1-3H3,(H,29,30)/t20-,22-/m0/s1. The van der Waals surface area contributed by atoms with Crippen molar-refractivity contribution >= 4 is 27.1 Å². The third-order valence-corrected chi connectivity index (χ3v) is 7.19. The van der Waals surface area contributed by atoms with Gasteiger partial charge in [0.05, 0.1) is 34.4 Å². The Bertz CT molecular complexity index is 1190. The van der Waals surface area contributed by atoms with Crippen LogP contribution in [0.1, 0.15) is 19.4 Å². The van der Waals surface area contributed by atoms with E-state index >= 15 is 0 Å². The summed E-state index contributed by atoms with van der Waals surface area (Å²) in [6.07, 6.45) is -0.700. The molecule has 3 aromatic rings. The molecule has 0 aliphatic carbocycles. The third kappa shape index (κ3) is 6.10. The van der Waals surface area contributed by atoms with Crippen LogP contribution in [-0.4, -0.2) is 63.8 Å². The Balaban J connectivity index is 1.88. The molecule has 0 aliphatic rings. The molecule has 0 spiro atoms. The number of imidazole rings is 1. The topological polar surface area (TPSA) is 125 Å². The number of aliphatic hydroxyl groups is 1. The van der Waals surface area contributed by atoms with Crippen molar-refractivity contribution in [3.8, 4) is 0 Å². The van der Waals surface area contributed by atoms with Crippen LogP contribution < -0.4 is 5.32 Å². The first kappa shape index (κ1) is 24.7. The van der Waals surface area contributed by atoms with Crippen LogP contribution in [-0.2, 0) is 23.5 Å². The molecule has 33 heavy (non-hydrogen) atoms. The summed E-state index contributed by atoms with van der Waals surface area (Å²) in [5.41, 5.74) is 2.19. The number of hydrogen-bond donors (Lipinski definition) is 3. The van der Waals surface area contributed by atoms with E-state index in [-0.39, 0.29) is 30.3 Å². The molecular weight excluding hydrogens is 444 g/mol. The predicted octanol–water partition coefficient (Wildman–Crippen LogP) is 2.46. The zero-order valence-corrected chi connectivity index (χ0v) is 19.7. The number of nitrogens with one attached hydrogen (secondary N) is 1. The highest BCUT2D eigenvalue weighted by atomic mass is 32.2. The molecule has 10 heteroatoms. The smallest absolute Gasteiger partial charge is 0.404 e. The summed E-state index contributed by atoms with van der Waals surface area (Å²) in [6.45, 7) is 3.69. The van der Waals surface area contributed by atoms with E-state index in [0.717, 1.165) is 11.1 Å². The van der Waals surface area contributed by atoms with E-state index < -0.39 is 28.3 Å². The zero-order valence-electron chi connectivity index (χ0n) is 18.9. The molecule has 9 nitrogen and oxygen atoms in total. The molecule has 178 valence electrons. The number of fused-ring (bicyclic) bond motifs is 1. The summed E-state index contributed by atoms with van der Waals surface area (Å²) in [7, 11) is -2.13. The van der Waals surface area contributed by atoms with Gasteiger partial charge in [0.1, 0.15) is 0 Å². The summed E-state index contributed by atoms with van der Waals surface area (Å²) in [6, 6.07) is 13.0. The van der Waals surface area contributed by atoms with E-state index in [4.69, 9.17) is 0 Å². The number of nitrogens with zero attached hydrogens (tertiary/aromatic N) is 3. The summed E-state index contributed by atoms with van der Waals surface area (Å²) in [5, 5.41) is 22.5. The highest BCUT2D eigenvalue weighted by Gasteiger charge is 2.31. The first-order valence-electron chi connectivity index (χ1n) is 10.7. The number of sulfonamides is 1. The molecule has 1 amide bonds. The zero-order chi connectivity index (χ0) is 24.2. The van der Waals surface area contributed by atoms with Crippen LogP contribution in [0.5, 0.6) is 0 Å². The van der Waals surface area contributed by atoms with Crippen molar-refractivity contribution < 1.29 is 23.4 Å². The van der Waals surface area contributed by atoms with Crippen molar-refractivity contribution in [1.82, 2.24) is 19.2 Å². The molecule has 2 aromatic carbocycles. The predicted molar refractivity (Wildman–Crippen MR) is 125 cm³/mol. The van der Waals surface area contributed by atoms with Crippen LogP contribution in [0.25, 0.3) is 11.0 Å². The lowest BCUT2D eigenvalue weighted by Crippen LogP contribution is -2.50. The molecular formula is C23H30N4O5S. The Morgan fingerprint density at radius 1 is 1.15 bits per heavy atom. The van der Waals surface area contributed by atoms with Gasteiger partial charge >= 0.3 is 6.09 Å². The monoisotopic (exact) mass is 474 g/mol. The molecule has 0 saturated heterocycles. The Kier molecular flexibility index (Phi) is 7.72. The van der Waals surface area contributed by atoms with E-state index in [2.05, 4.69) is 10.3 Å². The fourth-order valence-electron chi connectivity index (χ4n) is 3.75. The third-order valence-electron chi connectivity index (χ3n) is 5.37. The Morgan fingerprint density at radius 3 is 2.48 bits per heavy atom. The summed E-state index contributed by atoms with van der Waals surface area (Å²) in [4.78, 5) is 15.7. The molecule has 3 N–H and O–H groups in total. The minimum atomic E-state index is -3.96. The Morgan fingerprint density at radius 2 is 1.85 bits per heavy atom. The Labute approximate surface area is 193 Å². The van der Waals surface area contributed by atoms with Gasteiger partial charge in [-0.05, 0) is 36.1 Å². The van der Waals surface area contributed by atoms with Crippen LogP contribution >= 0.6 is 0 Å². The minimum absolute atomic E-state index is 0.00874. The van der Waals surface area contributed by atoms with Gasteiger partial charge in [-0.25, -0.2) is 18.2 Å². The van der Waals surface area contributed by atoms with E-state index in [1.54, 1.807) is 17.0 Å². The molecule has 2 atom stereocenters. The van der Waals surface area contributed by atoms with Gasteiger partial charge in [-0.15, -0.1) is 0 Å². The maximum Gasteiger partial charge on any atom is 0.404 e. The average molecular weight is 475 g/mol. The second kappa shape index (κ2) is 10.3. The number of carbonyl (C=O) groups is 1. The molecule has 1 heterocycles. The number of rotatable bonds is 10. The number of aromatic nitrogens is 2. The molecule has 3 rings (SSSR count). The number of aryl methyl sites for hydroxylation is 1. The molecule has 0 aliphatic heterocycles. The van der Waals surface area contributed by atoms with Crippen molar-refractivity contribution in [2.45, 2.75) is 37.3 Å². The molecule has 0 unspecified atom stereocenters. The van der Waals surface area contributed by atoms with E-state index in [0.29, 0.717) is 5.52 Å². The highest BCUT2D eigenvalue weighted by Crippen LogP contribution is 2.23. The van der Waals surface area contributed by atoms with Gasteiger partial charge < -0.3 is 20.1 Å². The summed E-state index contributed by atoms with van der Waals surface area (Å²) >= 11 is 0. The normalized spacial score (nSPS) is 14.0. The van der Waals surface area contributed by atoms with E-state index in [9.17, 15) is 23.4 Å². The largest absolute Gasteiger partial charge is 0.465 e. The van der Waals surface area contributed by atoms with Gasteiger partial charge in [0.15, 0.2) is 0 Å². The maximum absolute atomic E-state index is 13.5. The quantitative estimate of drug-likeness (QED) is 0.415. The molecule has 0 radical (unpaired) electrons. The van der Waals surface area contributed by atoms with Gasteiger partial charge in [0.25, 0.3) is 0 Å². The van der Waals surface area contributed by atoms with Crippen LogP contribution in [0.4, 0.5) is 4.79 Å². The molecule has 1 aromatic heterocycles. The second-order valence-corrected chi connectivity index (χ2v) is 10.5. The molecule has 0 saturated carbocycles. The van der Waals surface area contributed by atoms with Crippen LogP contribution in [0, 0.1) is 5.92 Å². The molecule has 0 fully saturated rings. The number of amides is 1. The van der Waals surface area contributed by atoms with Crippen LogP contribution in [0.2, 0.25) is 0 Å². The van der Waals surface area contributed by atoms with Gasteiger partial charge in [0.2, 0.25) is 10.0 Å². The van der Waals surface area contributed by atoms with Crippen molar-refractivity contribution in [2.75, 3.05) is 13.1 Å². The molecule has 0 bridgehead atoms. The second-order valence-electron chi connectivity index (χ2n) is 8.53. The van der Waals surface area contributed by atoms with Crippen LogP contribution in [0.15, 0.2) is 59.8 Å². The number of aliphatic hydroxyl groups excluding tert-OH is 1. The fourth-order valence-corrected chi connectivity index (χ4v) is 5.39. The summed E-state index contributed by atoms with van der Waals surface area (Å²) in [5.74, 6) is -0.00874. The van der Waals surface area contributed by atoms with E-state index in [1.807, 2.05) is 51.2 Å². The number of benzene rings is 2. The Hall–Kier alpha value is -2.95. The van der Waals surface area contributed by atoms with Gasteiger partial charge in [-0.1, -0.05) is 44.2 Å². The number of hydrogen-bond acceptors (Lipinski definition) is 5.